The van der Waals surface area contributed by atoms with E-state index in [1.807, 2.05) is 52.0 Å². The molecule has 0 bridgehead atoms. The summed E-state index contributed by atoms with van der Waals surface area (Å²) in [7, 11) is -4.15. The second-order valence-electron chi connectivity index (χ2n) is 9.85. The van der Waals surface area contributed by atoms with Gasteiger partial charge < -0.3 is 10.2 Å². The first-order valence-corrected chi connectivity index (χ1v) is 14.7. The molecule has 0 saturated carbocycles. The highest BCUT2D eigenvalue weighted by molar-refractivity contribution is 7.92. The number of sulfonamides is 1. The molecular weight excluding hydrogens is 534 g/mol. The Balaban J connectivity index is 2.08. The maximum Gasteiger partial charge on any atom is 0.264 e. The Morgan fingerprint density at radius 2 is 1.62 bits per heavy atom. The number of benzene rings is 3. The summed E-state index contributed by atoms with van der Waals surface area (Å²) in [5.41, 5.74) is 2.95. The van der Waals surface area contributed by atoms with Gasteiger partial charge in [-0.3, -0.25) is 13.9 Å². The van der Waals surface area contributed by atoms with Crippen LogP contribution in [0.4, 0.5) is 5.69 Å². The van der Waals surface area contributed by atoms with E-state index in [-0.39, 0.29) is 23.4 Å². The predicted octanol–water partition coefficient (Wildman–Crippen LogP) is 5.48. The Morgan fingerprint density at radius 3 is 2.21 bits per heavy atom. The van der Waals surface area contributed by atoms with Gasteiger partial charge in [-0.05, 0) is 75.6 Å². The van der Waals surface area contributed by atoms with Crippen LogP contribution < -0.4 is 9.62 Å². The first kappa shape index (κ1) is 30.2. The summed E-state index contributed by atoms with van der Waals surface area (Å²) in [5.74, 6) is -0.764. The molecule has 208 valence electrons. The van der Waals surface area contributed by atoms with Crippen molar-refractivity contribution in [1.29, 1.82) is 0 Å². The molecule has 0 aliphatic heterocycles. The lowest BCUT2D eigenvalue weighted by Gasteiger charge is -2.34. The van der Waals surface area contributed by atoms with Crippen molar-refractivity contribution >= 4 is 39.1 Å². The quantitative estimate of drug-likeness (QED) is 0.331. The number of nitrogens with zero attached hydrogens (tertiary/aromatic N) is 2. The SMILES string of the molecule is CCC(C(=O)NC(C)C)N(Cc1cccc(C)c1)C(=O)CN(c1ccccc1C)S(=O)(=O)c1ccc(Cl)cc1. The van der Waals surface area contributed by atoms with Crippen molar-refractivity contribution in [3.8, 4) is 0 Å². The summed E-state index contributed by atoms with van der Waals surface area (Å²) in [5, 5.41) is 3.31. The van der Waals surface area contributed by atoms with Crippen LogP contribution in [0.25, 0.3) is 0 Å². The van der Waals surface area contributed by atoms with E-state index in [1.54, 1.807) is 31.2 Å². The molecule has 9 heteroatoms. The molecule has 3 rings (SSSR count). The predicted molar refractivity (Wildman–Crippen MR) is 156 cm³/mol. The van der Waals surface area contributed by atoms with E-state index in [4.69, 9.17) is 11.6 Å². The Hall–Kier alpha value is -3.36. The molecule has 1 atom stereocenters. The van der Waals surface area contributed by atoms with Crippen LogP contribution in [0, 0.1) is 13.8 Å². The van der Waals surface area contributed by atoms with Crippen molar-refractivity contribution in [2.24, 2.45) is 0 Å². The lowest BCUT2D eigenvalue weighted by molar-refractivity contribution is -0.140. The van der Waals surface area contributed by atoms with Crippen molar-refractivity contribution in [2.45, 2.75) is 64.6 Å². The fraction of sp³-hybridized carbons (Fsp3) is 0.333. The molecular formula is C30H36ClN3O4S. The number of carbonyl (C=O) groups excluding carboxylic acids is 2. The second kappa shape index (κ2) is 13.1. The number of halogens is 1. The van der Waals surface area contributed by atoms with E-state index < -0.39 is 28.5 Å². The molecule has 0 fully saturated rings. The van der Waals surface area contributed by atoms with E-state index in [2.05, 4.69) is 5.32 Å². The largest absolute Gasteiger partial charge is 0.352 e. The van der Waals surface area contributed by atoms with Crippen LogP contribution in [0.1, 0.15) is 43.9 Å². The first-order chi connectivity index (χ1) is 18.4. The number of hydrogen-bond donors (Lipinski definition) is 1. The summed E-state index contributed by atoms with van der Waals surface area (Å²) in [6.07, 6.45) is 0.365. The van der Waals surface area contributed by atoms with Crippen LogP contribution in [0.2, 0.25) is 5.02 Å². The topological polar surface area (TPSA) is 86.8 Å². The van der Waals surface area contributed by atoms with E-state index in [0.29, 0.717) is 22.7 Å². The Bertz CT molecular complexity index is 1410. The van der Waals surface area contributed by atoms with Crippen molar-refractivity contribution in [1.82, 2.24) is 10.2 Å². The lowest BCUT2D eigenvalue weighted by Crippen LogP contribution is -2.53. The van der Waals surface area contributed by atoms with Gasteiger partial charge in [-0.15, -0.1) is 0 Å². The van der Waals surface area contributed by atoms with Gasteiger partial charge in [0.05, 0.1) is 10.6 Å². The summed E-state index contributed by atoms with van der Waals surface area (Å²) in [6.45, 7) is 8.98. The fourth-order valence-corrected chi connectivity index (χ4v) is 6.00. The Kier molecular flexibility index (Phi) is 10.2. The molecule has 0 radical (unpaired) electrons. The Labute approximate surface area is 236 Å². The normalized spacial score (nSPS) is 12.2. The van der Waals surface area contributed by atoms with Crippen LogP contribution >= 0.6 is 11.6 Å². The zero-order valence-electron chi connectivity index (χ0n) is 23.0. The van der Waals surface area contributed by atoms with Crippen molar-refractivity contribution in [3.63, 3.8) is 0 Å². The van der Waals surface area contributed by atoms with Crippen molar-refractivity contribution in [3.05, 3.63) is 94.5 Å². The van der Waals surface area contributed by atoms with E-state index in [9.17, 15) is 18.0 Å². The van der Waals surface area contributed by atoms with Gasteiger partial charge in [0.25, 0.3) is 10.0 Å². The highest BCUT2D eigenvalue weighted by Crippen LogP contribution is 2.28. The average Bonchev–Trinajstić information content (AvgIpc) is 2.87. The number of rotatable bonds is 11. The standard InChI is InChI=1S/C30H36ClN3O4S/c1-6-27(30(36)32-21(2)3)33(19-24-12-9-10-22(4)18-24)29(35)20-34(28-13-8-7-11-23(28)5)39(37,38)26-16-14-25(31)15-17-26/h7-18,21,27H,6,19-20H2,1-5H3,(H,32,36). The van der Waals surface area contributed by atoms with E-state index in [0.717, 1.165) is 15.4 Å². The van der Waals surface area contributed by atoms with Crippen LogP contribution in [0.5, 0.6) is 0 Å². The van der Waals surface area contributed by atoms with Crippen LogP contribution in [0.3, 0.4) is 0 Å². The molecule has 3 aromatic carbocycles. The number of para-hydroxylation sites is 1. The van der Waals surface area contributed by atoms with Crippen LogP contribution in [-0.4, -0.2) is 43.8 Å². The van der Waals surface area contributed by atoms with Gasteiger partial charge in [0.1, 0.15) is 12.6 Å². The number of nitrogens with one attached hydrogen (secondary N) is 1. The summed E-state index contributed by atoms with van der Waals surface area (Å²) in [4.78, 5) is 28.8. The van der Waals surface area contributed by atoms with Gasteiger partial charge in [-0.1, -0.05) is 66.6 Å². The zero-order chi connectivity index (χ0) is 28.7. The molecule has 1 unspecified atom stereocenters. The third-order valence-corrected chi connectivity index (χ3v) is 8.34. The summed E-state index contributed by atoms with van der Waals surface area (Å²) >= 11 is 6.01. The van der Waals surface area contributed by atoms with Crippen LogP contribution in [0.15, 0.2) is 77.7 Å². The lowest BCUT2D eigenvalue weighted by atomic mass is 10.1. The van der Waals surface area contributed by atoms with Gasteiger partial charge in [-0.2, -0.15) is 0 Å². The van der Waals surface area contributed by atoms with Gasteiger partial charge in [0, 0.05) is 17.6 Å². The third-order valence-electron chi connectivity index (χ3n) is 6.32. The van der Waals surface area contributed by atoms with E-state index in [1.165, 1.54) is 29.2 Å². The molecule has 39 heavy (non-hydrogen) atoms. The van der Waals surface area contributed by atoms with Crippen molar-refractivity contribution < 1.29 is 18.0 Å². The monoisotopic (exact) mass is 569 g/mol. The van der Waals surface area contributed by atoms with E-state index >= 15 is 0 Å². The molecule has 3 aromatic rings. The highest BCUT2D eigenvalue weighted by atomic mass is 35.5. The number of aryl methyl sites for hydroxylation is 2. The van der Waals surface area contributed by atoms with Gasteiger partial charge in [-0.25, -0.2) is 8.42 Å². The molecule has 0 saturated heterocycles. The fourth-order valence-electron chi connectivity index (χ4n) is 4.40. The molecule has 0 heterocycles. The second-order valence-corrected chi connectivity index (χ2v) is 12.1. The maximum absolute atomic E-state index is 14.1. The third kappa shape index (κ3) is 7.61. The minimum Gasteiger partial charge on any atom is -0.352 e. The Morgan fingerprint density at radius 1 is 0.949 bits per heavy atom. The first-order valence-electron chi connectivity index (χ1n) is 12.9. The number of carbonyl (C=O) groups is 2. The number of hydrogen-bond acceptors (Lipinski definition) is 4. The van der Waals surface area contributed by atoms with Gasteiger partial charge in [0.15, 0.2) is 0 Å². The van der Waals surface area contributed by atoms with Crippen molar-refractivity contribution in [2.75, 3.05) is 10.8 Å². The van der Waals surface area contributed by atoms with Gasteiger partial charge >= 0.3 is 0 Å². The maximum atomic E-state index is 14.1. The molecule has 0 aliphatic rings. The minimum absolute atomic E-state index is 0.0118. The molecule has 0 spiro atoms. The van der Waals surface area contributed by atoms with Gasteiger partial charge in [0.2, 0.25) is 11.8 Å². The summed E-state index contributed by atoms with van der Waals surface area (Å²) < 4.78 is 28.9. The zero-order valence-corrected chi connectivity index (χ0v) is 24.6. The summed E-state index contributed by atoms with van der Waals surface area (Å²) in [6, 6.07) is 19.6. The average molecular weight is 570 g/mol. The molecule has 7 nitrogen and oxygen atoms in total. The van der Waals surface area contributed by atoms with Crippen LogP contribution in [-0.2, 0) is 26.2 Å². The highest BCUT2D eigenvalue weighted by Gasteiger charge is 2.34. The molecule has 2 amide bonds. The molecule has 0 aromatic heterocycles. The molecule has 0 aliphatic carbocycles. The smallest absolute Gasteiger partial charge is 0.264 e. The minimum atomic E-state index is -4.15. The number of amides is 2. The molecule has 1 N–H and O–H groups in total. The number of anilines is 1.